The molecule has 3 nitrogen and oxygen atoms in total. The van der Waals surface area contributed by atoms with Gasteiger partial charge in [0.15, 0.2) is 0 Å². The first-order chi connectivity index (χ1) is 7.28. The highest BCUT2D eigenvalue weighted by Gasteiger charge is 2.26. The number of nitrogens with zero attached hydrogens (tertiary/aromatic N) is 1. The van der Waals surface area contributed by atoms with Crippen molar-refractivity contribution in [3.63, 3.8) is 0 Å². The molecule has 0 aromatic carbocycles. The van der Waals surface area contributed by atoms with E-state index in [9.17, 15) is 0 Å². The molecule has 0 aromatic heterocycles. The molecular formula is C12H24N2O. The van der Waals surface area contributed by atoms with E-state index in [1.165, 1.54) is 32.4 Å². The lowest BCUT2D eigenvalue weighted by atomic mass is 9.94. The molecule has 2 heterocycles. The fraction of sp³-hybridized carbons (Fsp3) is 1.00. The van der Waals surface area contributed by atoms with Gasteiger partial charge >= 0.3 is 0 Å². The van der Waals surface area contributed by atoms with E-state index in [0.717, 1.165) is 25.5 Å². The summed E-state index contributed by atoms with van der Waals surface area (Å²) >= 11 is 0. The summed E-state index contributed by atoms with van der Waals surface area (Å²) in [5.74, 6) is 0.842. The molecule has 0 radical (unpaired) electrons. The first-order valence-electron chi connectivity index (χ1n) is 6.37. The van der Waals surface area contributed by atoms with E-state index < -0.39 is 0 Å². The van der Waals surface area contributed by atoms with Crippen molar-refractivity contribution in [2.75, 3.05) is 26.2 Å². The number of nitrogens with two attached hydrogens (primary N) is 1. The number of ether oxygens (including phenoxy) is 1. The van der Waals surface area contributed by atoms with Gasteiger partial charge in [0, 0.05) is 25.7 Å². The molecule has 0 aromatic rings. The summed E-state index contributed by atoms with van der Waals surface area (Å²) in [6.07, 6.45) is 5.35. The number of hydrogen-bond donors (Lipinski definition) is 1. The van der Waals surface area contributed by atoms with Crippen molar-refractivity contribution in [1.29, 1.82) is 0 Å². The normalized spacial score (nSPS) is 38.4. The molecule has 3 heteroatoms. The highest BCUT2D eigenvalue weighted by Crippen LogP contribution is 2.24. The summed E-state index contributed by atoms with van der Waals surface area (Å²) in [7, 11) is 0. The largest absolute Gasteiger partial charge is 0.378 e. The molecule has 88 valence electrons. The van der Waals surface area contributed by atoms with Crippen LogP contribution in [0.4, 0.5) is 0 Å². The fourth-order valence-electron chi connectivity index (χ4n) is 2.80. The van der Waals surface area contributed by atoms with Gasteiger partial charge in [-0.3, -0.25) is 0 Å². The molecule has 2 N–H and O–H groups in total. The van der Waals surface area contributed by atoms with Gasteiger partial charge in [0.2, 0.25) is 0 Å². The van der Waals surface area contributed by atoms with Crippen LogP contribution in [0, 0.1) is 5.92 Å². The van der Waals surface area contributed by atoms with Crippen LogP contribution in [0.5, 0.6) is 0 Å². The predicted molar refractivity (Wildman–Crippen MR) is 61.8 cm³/mol. The molecule has 15 heavy (non-hydrogen) atoms. The molecule has 2 rings (SSSR count). The maximum atomic E-state index is 5.92. The Balaban J connectivity index is 1.74. The highest BCUT2D eigenvalue weighted by atomic mass is 16.5. The summed E-state index contributed by atoms with van der Waals surface area (Å²) in [5.41, 5.74) is 5.92. The van der Waals surface area contributed by atoms with Crippen molar-refractivity contribution in [2.45, 2.75) is 44.8 Å². The van der Waals surface area contributed by atoms with Crippen LogP contribution in [0.1, 0.15) is 32.6 Å². The van der Waals surface area contributed by atoms with Crippen molar-refractivity contribution in [1.82, 2.24) is 4.90 Å². The average Bonchev–Trinajstić information content (AvgIpc) is 2.64. The van der Waals surface area contributed by atoms with Crippen LogP contribution in [0.2, 0.25) is 0 Å². The smallest absolute Gasteiger partial charge is 0.0575 e. The second-order valence-electron chi connectivity index (χ2n) is 5.10. The zero-order valence-corrected chi connectivity index (χ0v) is 9.82. The van der Waals surface area contributed by atoms with Gasteiger partial charge in [0.25, 0.3) is 0 Å². The molecule has 0 bridgehead atoms. The summed E-state index contributed by atoms with van der Waals surface area (Å²) < 4.78 is 5.70. The van der Waals surface area contributed by atoms with E-state index in [1.807, 2.05) is 0 Å². The molecule has 3 atom stereocenters. The monoisotopic (exact) mass is 212 g/mol. The Morgan fingerprint density at radius 2 is 2.27 bits per heavy atom. The van der Waals surface area contributed by atoms with E-state index in [4.69, 9.17) is 10.5 Å². The van der Waals surface area contributed by atoms with Gasteiger partial charge in [-0.25, -0.2) is 0 Å². The van der Waals surface area contributed by atoms with Crippen molar-refractivity contribution in [3.05, 3.63) is 0 Å². The lowest BCUT2D eigenvalue weighted by molar-refractivity contribution is -0.0163. The van der Waals surface area contributed by atoms with Gasteiger partial charge < -0.3 is 15.4 Å². The van der Waals surface area contributed by atoms with Crippen molar-refractivity contribution < 1.29 is 4.74 Å². The van der Waals surface area contributed by atoms with Crippen LogP contribution in [-0.2, 0) is 4.74 Å². The summed E-state index contributed by atoms with van der Waals surface area (Å²) in [6, 6.07) is 0.423. The molecule has 2 unspecified atom stereocenters. The van der Waals surface area contributed by atoms with Gasteiger partial charge in [-0.2, -0.15) is 0 Å². The topological polar surface area (TPSA) is 38.5 Å². The number of hydrogen-bond acceptors (Lipinski definition) is 3. The van der Waals surface area contributed by atoms with Gasteiger partial charge in [-0.15, -0.1) is 0 Å². The van der Waals surface area contributed by atoms with E-state index >= 15 is 0 Å². The third kappa shape index (κ3) is 3.16. The third-order valence-corrected chi connectivity index (χ3v) is 3.76. The number of rotatable bonds is 3. The van der Waals surface area contributed by atoms with Crippen LogP contribution < -0.4 is 5.73 Å². The van der Waals surface area contributed by atoms with Gasteiger partial charge in [-0.05, 0) is 38.1 Å². The van der Waals surface area contributed by atoms with Crippen molar-refractivity contribution in [2.24, 2.45) is 11.7 Å². The summed E-state index contributed by atoms with van der Waals surface area (Å²) in [5, 5.41) is 0. The van der Waals surface area contributed by atoms with Gasteiger partial charge in [-0.1, -0.05) is 6.92 Å². The Morgan fingerprint density at radius 1 is 1.40 bits per heavy atom. The molecule has 0 spiro atoms. The Bertz CT molecular complexity index is 198. The molecule has 0 aliphatic carbocycles. The van der Waals surface area contributed by atoms with Crippen LogP contribution in [0.15, 0.2) is 0 Å². The zero-order valence-electron chi connectivity index (χ0n) is 9.82. The van der Waals surface area contributed by atoms with E-state index in [-0.39, 0.29) is 0 Å². The van der Waals surface area contributed by atoms with Crippen LogP contribution in [0.25, 0.3) is 0 Å². The molecule has 0 saturated carbocycles. The second kappa shape index (κ2) is 5.28. The van der Waals surface area contributed by atoms with Gasteiger partial charge in [0.1, 0.15) is 0 Å². The maximum Gasteiger partial charge on any atom is 0.0575 e. The van der Waals surface area contributed by atoms with Crippen molar-refractivity contribution in [3.8, 4) is 0 Å². The van der Waals surface area contributed by atoms with Crippen LogP contribution in [-0.4, -0.2) is 43.3 Å². The molecule has 2 aliphatic heterocycles. The highest BCUT2D eigenvalue weighted by molar-refractivity contribution is 4.81. The molecular weight excluding hydrogens is 188 g/mol. The number of likely N-dealkylation sites (tertiary alicyclic amines) is 1. The SMILES string of the molecule is CCC1CC(CN2CC[C@H](N)C2)CCO1. The Kier molecular flexibility index (Phi) is 4.00. The van der Waals surface area contributed by atoms with Crippen molar-refractivity contribution >= 4 is 0 Å². The minimum absolute atomic E-state index is 0.423. The minimum Gasteiger partial charge on any atom is -0.378 e. The second-order valence-corrected chi connectivity index (χ2v) is 5.10. The quantitative estimate of drug-likeness (QED) is 0.764. The maximum absolute atomic E-state index is 5.92. The lowest BCUT2D eigenvalue weighted by Gasteiger charge is -2.31. The Labute approximate surface area is 93.0 Å². The van der Waals surface area contributed by atoms with Gasteiger partial charge in [0.05, 0.1) is 6.10 Å². The molecule has 0 amide bonds. The average molecular weight is 212 g/mol. The molecule has 2 fully saturated rings. The Morgan fingerprint density at radius 3 is 2.93 bits per heavy atom. The van der Waals surface area contributed by atoms with E-state index in [2.05, 4.69) is 11.8 Å². The predicted octanol–water partition coefficient (Wildman–Crippen LogP) is 1.22. The first-order valence-corrected chi connectivity index (χ1v) is 6.37. The third-order valence-electron chi connectivity index (χ3n) is 3.76. The van der Waals surface area contributed by atoms with E-state index in [1.54, 1.807) is 0 Å². The minimum atomic E-state index is 0.423. The standard InChI is InChI=1S/C12H24N2O/c1-2-12-7-10(4-6-15-12)8-14-5-3-11(13)9-14/h10-12H,2-9,13H2,1H3/t10?,11-,12?/m0/s1. The fourth-order valence-corrected chi connectivity index (χ4v) is 2.80. The summed E-state index contributed by atoms with van der Waals surface area (Å²) in [4.78, 5) is 2.54. The summed E-state index contributed by atoms with van der Waals surface area (Å²) in [6.45, 7) is 6.74. The van der Waals surface area contributed by atoms with E-state index in [0.29, 0.717) is 12.1 Å². The van der Waals surface area contributed by atoms with Crippen LogP contribution >= 0.6 is 0 Å². The Hall–Kier alpha value is -0.120. The molecule has 2 aliphatic rings. The van der Waals surface area contributed by atoms with Crippen LogP contribution in [0.3, 0.4) is 0 Å². The lowest BCUT2D eigenvalue weighted by Crippen LogP contribution is -2.35. The zero-order chi connectivity index (χ0) is 10.7. The first kappa shape index (κ1) is 11.4. The molecule has 2 saturated heterocycles.